The van der Waals surface area contributed by atoms with E-state index in [1.165, 1.54) is 6.33 Å². The van der Waals surface area contributed by atoms with Crippen molar-refractivity contribution in [1.82, 2.24) is 9.97 Å². The first-order valence-corrected chi connectivity index (χ1v) is 5.15. The second-order valence-corrected chi connectivity index (χ2v) is 3.69. The molecule has 0 fully saturated rings. The molecule has 0 aliphatic heterocycles. The number of aromatic nitrogens is 2. The average Bonchev–Trinajstić information content (AvgIpc) is 2.71. The maximum Gasteiger partial charge on any atom is 0.198 e. The van der Waals surface area contributed by atoms with Crippen LogP contribution in [0.2, 0.25) is 5.15 Å². The second-order valence-electron chi connectivity index (χ2n) is 3.33. The summed E-state index contributed by atoms with van der Waals surface area (Å²) >= 11 is 5.88. The first-order chi connectivity index (χ1) is 7.31. The van der Waals surface area contributed by atoms with Crippen molar-refractivity contribution in [3.63, 3.8) is 0 Å². The zero-order valence-electron chi connectivity index (χ0n) is 8.40. The molecule has 2 rings (SSSR count). The predicted molar refractivity (Wildman–Crippen MR) is 59.4 cm³/mol. The zero-order valence-corrected chi connectivity index (χ0v) is 9.16. The van der Waals surface area contributed by atoms with Crippen molar-refractivity contribution >= 4 is 17.4 Å². The lowest BCUT2D eigenvalue weighted by atomic mass is 10.2. The third kappa shape index (κ3) is 2.21. The van der Waals surface area contributed by atoms with E-state index in [-0.39, 0.29) is 0 Å². The van der Waals surface area contributed by atoms with E-state index in [4.69, 9.17) is 16.3 Å². The predicted octanol–water partition coefficient (Wildman–Crippen LogP) is 2.27. The molecule has 4 nitrogen and oxygen atoms in total. The molecule has 5 heteroatoms. The number of ether oxygens (including phenoxy) is 1. The lowest BCUT2D eigenvalue weighted by molar-refractivity contribution is 0.412. The normalized spacial score (nSPS) is 15.6. The Balaban J connectivity index is 2.16. The number of hydrogen-bond donors (Lipinski definition) is 1. The molecule has 0 atom stereocenters. The van der Waals surface area contributed by atoms with Gasteiger partial charge in [-0.2, -0.15) is 0 Å². The monoisotopic (exact) mass is 225 g/mol. The van der Waals surface area contributed by atoms with Gasteiger partial charge in [0.25, 0.3) is 0 Å². The number of nitrogens with one attached hydrogen (secondary N) is 1. The van der Waals surface area contributed by atoms with Crippen molar-refractivity contribution in [2.75, 3.05) is 12.4 Å². The van der Waals surface area contributed by atoms with Crippen molar-refractivity contribution < 1.29 is 4.74 Å². The van der Waals surface area contributed by atoms with E-state index in [1.54, 1.807) is 7.11 Å². The Morgan fingerprint density at radius 2 is 2.13 bits per heavy atom. The molecule has 1 aliphatic rings. The molecule has 1 aromatic rings. The van der Waals surface area contributed by atoms with Gasteiger partial charge in [0, 0.05) is 6.04 Å². The molecule has 0 unspecified atom stereocenters. The Bertz CT molecular complexity index is 373. The molecule has 0 spiro atoms. The quantitative estimate of drug-likeness (QED) is 0.633. The summed E-state index contributed by atoms with van der Waals surface area (Å²) in [5.74, 6) is 1.16. The summed E-state index contributed by atoms with van der Waals surface area (Å²) in [6.07, 6.45) is 7.73. The van der Waals surface area contributed by atoms with Crippen molar-refractivity contribution in [2.45, 2.75) is 18.9 Å². The Hall–Kier alpha value is -1.29. The van der Waals surface area contributed by atoms with Crippen LogP contribution in [0.15, 0.2) is 18.5 Å². The Morgan fingerprint density at radius 3 is 2.80 bits per heavy atom. The minimum absolute atomic E-state index is 0.334. The van der Waals surface area contributed by atoms with E-state index in [9.17, 15) is 0 Å². The fourth-order valence-electron chi connectivity index (χ4n) is 1.56. The molecule has 0 radical (unpaired) electrons. The average molecular weight is 226 g/mol. The van der Waals surface area contributed by atoms with Crippen LogP contribution in [0.5, 0.6) is 5.75 Å². The third-order valence-electron chi connectivity index (χ3n) is 2.31. The van der Waals surface area contributed by atoms with Gasteiger partial charge in [-0.05, 0) is 12.8 Å². The number of halogens is 1. The fraction of sp³-hybridized carbons (Fsp3) is 0.400. The first-order valence-electron chi connectivity index (χ1n) is 4.77. The zero-order chi connectivity index (χ0) is 10.7. The number of hydrogen-bond acceptors (Lipinski definition) is 4. The van der Waals surface area contributed by atoms with Gasteiger partial charge in [0.1, 0.15) is 6.33 Å². The molecule has 1 heterocycles. The van der Waals surface area contributed by atoms with Crippen LogP contribution in [0.25, 0.3) is 0 Å². The van der Waals surface area contributed by atoms with Crippen molar-refractivity contribution in [3.05, 3.63) is 23.6 Å². The van der Waals surface area contributed by atoms with Crippen LogP contribution in [0.1, 0.15) is 12.8 Å². The summed E-state index contributed by atoms with van der Waals surface area (Å²) in [4.78, 5) is 7.97. The maximum atomic E-state index is 5.88. The van der Waals surface area contributed by atoms with Gasteiger partial charge in [-0.25, -0.2) is 9.97 Å². The largest absolute Gasteiger partial charge is 0.490 e. The minimum atomic E-state index is 0.334. The lowest BCUT2D eigenvalue weighted by Crippen LogP contribution is -2.16. The number of methoxy groups -OCH3 is 1. The van der Waals surface area contributed by atoms with Gasteiger partial charge in [0.05, 0.1) is 7.11 Å². The smallest absolute Gasteiger partial charge is 0.198 e. The van der Waals surface area contributed by atoms with Crippen LogP contribution >= 0.6 is 11.6 Å². The highest BCUT2D eigenvalue weighted by Crippen LogP contribution is 2.30. The fourth-order valence-corrected chi connectivity index (χ4v) is 1.77. The van der Waals surface area contributed by atoms with E-state index >= 15 is 0 Å². The van der Waals surface area contributed by atoms with Crippen molar-refractivity contribution in [1.29, 1.82) is 0 Å². The van der Waals surface area contributed by atoms with Gasteiger partial charge < -0.3 is 10.1 Å². The standard InChI is InChI=1S/C10H12ClN3O/c1-15-8-9(11)12-6-13-10(8)14-7-4-2-3-5-7/h2-3,6-7H,4-5H2,1H3,(H,12,13,14). The molecule has 0 saturated heterocycles. The van der Waals surface area contributed by atoms with E-state index in [1.807, 2.05) is 0 Å². The topological polar surface area (TPSA) is 47.0 Å². The summed E-state index contributed by atoms with van der Waals surface area (Å²) in [5, 5.41) is 3.61. The number of anilines is 1. The minimum Gasteiger partial charge on any atom is -0.490 e. The van der Waals surface area contributed by atoms with Gasteiger partial charge in [0.15, 0.2) is 16.7 Å². The maximum absolute atomic E-state index is 5.88. The Labute approximate surface area is 93.3 Å². The number of nitrogens with zero attached hydrogens (tertiary/aromatic N) is 2. The first kappa shape index (κ1) is 10.2. The van der Waals surface area contributed by atoms with Gasteiger partial charge in [-0.1, -0.05) is 23.8 Å². The van der Waals surface area contributed by atoms with Gasteiger partial charge in [-0.15, -0.1) is 0 Å². The van der Waals surface area contributed by atoms with E-state index in [2.05, 4.69) is 27.4 Å². The molecule has 0 bridgehead atoms. The lowest BCUT2D eigenvalue weighted by Gasteiger charge is -2.15. The summed E-state index contributed by atoms with van der Waals surface area (Å²) in [5.41, 5.74) is 0. The van der Waals surface area contributed by atoms with Crippen LogP contribution in [0.4, 0.5) is 5.82 Å². The number of rotatable bonds is 3. The molecular weight excluding hydrogens is 214 g/mol. The molecule has 0 aromatic carbocycles. The SMILES string of the molecule is COc1c(Cl)ncnc1NC1CC=CC1. The summed E-state index contributed by atoms with van der Waals surface area (Å²) in [6.45, 7) is 0. The molecule has 1 N–H and O–H groups in total. The Morgan fingerprint density at radius 1 is 1.40 bits per heavy atom. The summed E-state index contributed by atoms with van der Waals surface area (Å²) < 4.78 is 5.15. The van der Waals surface area contributed by atoms with Crippen LogP contribution in [-0.4, -0.2) is 23.1 Å². The van der Waals surface area contributed by atoms with Gasteiger partial charge >= 0.3 is 0 Å². The van der Waals surface area contributed by atoms with Crippen LogP contribution in [0.3, 0.4) is 0 Å². The molecule has 1 aromatic heterocycles. The van der Waals surface area contributed by atoms with E-state index < -0.39 is 0 Å². The molecule has 15 heavy (non-hydrogen) atoms. The molecule has 80 valence electrons. The van der Waals surface area contributed by atoms with Crippen LogP contribution < -0.4 is 10.1 Å². The summed E-state index contributed by atoms with van der Waals surface area (Å²) in [6, 6.07) is 0.380. The molecule has 0 saturated carbocycles. The van der Waals surface area contributed by atoms with Crippen LogP contribution in [-0.2, 0) is 0 Å². The molecule has 0 amide bonds. The molecule has 1 aliphatic carbocycles. The third-order valence-corrected chi connectivity index (χ3v) is 2.58. The van der Waals surface area contributed by atoms with Crippen LogP contribution in [0, 0.1) is 0 Å². The highest BCUT2D eigenvalue weighted by Gasteiger charge is 2.15. The summed E-state index contributed by atoms with van der Waals surface area (Å²) in [7, 11) is 1.56. The second kappa shape index (κ2) is 4.49. The van der Waals surface area contributed by atoms with Gasteiger partial charge in [-0.3, -0.25) is 0 Å². The Kier molecular flexibility index (Phi) is 3.06. The van der Waals surface area contributed by atoms with Gasteiger partial charge in [0.2, 0.25) is 0 Å². The van der Waals surface area contributed by atoms with Crippen molar-refractivity contribution in [2.24, 2.45) is 0 Å². The highest BCUT2D eigenvalue weighted by atomic mass is 35.5. The highest BCUT2D eigenvalue weighted by molar-refractivity contribution is 6.31. The van der Waals surface area contributed by atoms with E-state index in [0.717, 1.165) is 12.8 Å². The van der Waals surface area contributed by atoms with Crippen molar-refractivity contribution in [3.8, 4) is 5.75 Å². The van der Waals surface area contributed by atoms with E-state index in [0.29, 0.717) is 22.8 Å². The molecular formula is C10H12ClN3O.